The third-order valence-corrected chi connectivity index (χ3v) is 2.28. The molecular formula is C9H19ClN2O. The standard InChI is InChI=1S/C9H18N2O.ClH/c1-7(2)9(12)11-5-4-10-6-8(11)3;/h7-8,10H,4-6H2,1-3H3;1H. The number of amides is 1. The van der Waals surface area contributed by atoms with Crippen LogP contribution in [0, 0.1) is 5.92 Å². The number of carbonyl (C=O) groups is 1. The van der Waals surface area contributed by atoms with E-state index in [9.17, 15) is 4.79 Å². The Bertz CT molecular complexity index is 173. The monoisotopic (exact) mass is 206 g/mol. The molecule has 1 rings (SSSR count). The summed E-state index contributed by atoms with van der Waals surface area (Å²) in [5.41, 5.74) is 0. The highest BCUT2D eigenvalue weighted by atomic mass is 35.5. The first-order valence-corrected chi connectivity index (χ1v) is 4.64. The fourth-order valence-corrected chi connectivity index (χ4v) is 1.50. The maximum absolute atomic E-state index is 11.6. The molecule has 1 aliphatic heterocycles. The minimum atomic E-state index is 0. The van der Waals surface area contributed by atoms with Crippen LogP contribution in [-0.4, -0.2) is 36.5 Å². The Balaban J connectivity index is 0.00000144. The molecule has 0 spiro atoms. The first kappa shape index (κ1) is 12.7. The van der Waals surface area contributed by atoms with Gasteiger partial charge in [0.25, 0.3) is 0 Å². The first-order chi connectivity index (χ1) is 5.63. The lowest BCUT2D eigenvalue weighted by Gasteiger charge is -2.35. The fraction of sp³-hybridized carbons (Fsp3) is 0.889. The van der Waals surface area contributed by atoms with Gasteiger partial charge in [-0.2, -0.15) is 0 Å². The lowest BCUT2D eigenvalue weighted by atomic mass is 10.1. The van der Waals surface area contributed by atoms with Gasteiger partial charge in [-0.05, 0) is 6.92 Å². The second-order valence-electron chi connectivity index (χ2n) is 3.74. The Kier molecular flexibility index (Phi) is 5.33. The molecule has 3 nitrogen and oxygen atoms in total. The lowest BCUT2D eigenvalue weighted by Crippen LogP contribution is -2.53. The highest BCUT2D eigenvalue weighted by molar-refractivity contribution is 5.85. The van der Waals surface area contributed by atoms with Gasteiger partial charge in [0.1, 0.15) is 0 Å². The van der Waals surface area contributed by atoms with E-state index in [4.69, 9.17) is 0 Å². The molecule has 4 heteroatoms. The number of piperazine rings is 1. The molecule has 1 N–H and O–H groups in total. The number of hydrogen-bond donors (Lipinski definition) is 1. The quantitative estimate of drug-likeness (QED) is 0.691. The van der Waals surface area contributed by atoms with Crippen molar-refractivity contribution in [3.05, 3.63) is 0 Å². The number of halogens is 1. The van der Waals surface area contributed by atoms with Gasteiger partial charge in [-0.15, -0.1) is 12.4 Å². The van der Waals surface area contributed by atoms with E-state index in [2.05, 4.69) is 12.2 Å². The van der Waals surface area contributed by atoms with Gasteiger partial charge < -0.3 is 10.2 Å². The molecule has 1 heterocycles. The summed E-state index contributed by atoms with van der Waals surface area (Å²) in [6, 6.07) is 0.355. The fourth-order valence-electron chi connectivity index (χ4n) is 1.50. The molecule has 0 aromatic rings. The summed E-state index contributed by atoms with van der Waals surface area (Å²) in [6.45, 7) is 8.72. The largest absolute Gasteiger partial charge is 0.337 e. The van der Waals surface area contributed by atoms with E-state index >= 15 is 0 Å². The number of nitrogens with one attached hydrogen (secondary N) is 1. The average molecular weight is 207 g/mol. The average Bonchev–Trinajstić information content (AvgIpc) is 2.04. The Morgan fingerprint density at radius 3 is 2.62 bits per heavy atom. The lowest BCUT2D eigenvalue weighted by molar-refractivity contribution is -0.137. The number of rotatable bonds is 1. The molecule has 0 aromatic heterocycles. The summed E-state index contributed by atoms with van der Waals surface area (Å²) in [5, 5.41) is 3.26. The van der Waals surface area contributed by atoms with Crippen LogP contribution in [-0.2, 0) is 4.79 Å². The summed E-state index contributed by atoms with van der Waals surface area (Å²) in [7, 11) is 0. The highest BCUT2D eigenvalue weighted by Gasteiger charge is 2.24. The SMILES string of the molecule is CC(C)C(=O)N1CCNCC1C.Cl. The van der Waals surface area contributed by atoms with E-state index in [0.717, 1.165) is 19.6 Å². The maximum atomic E-state index is 11.6. The molecule has 0 bridgehead atoms. The molecule has 13 heavy (non-hydrogen) atoms. The van der Waals surface area contributed by atoms with Crippen LogP contribution in [0.15, 0.2) is 0 Å². The molecule has 1 fully saturated rings. The topological polar surface area (TPSA) is 32.3 Å². The van der Waals surface area contributed by atoms with Gasteiger partial charge in [-0.1, -0.05) is 13.8 Å². The van der Waals surface area contributed by atoms with Crippen molar-refractivity contribution in [1.82, 2.24) is 10.2 Å². The van der Waals surface area contributed by atoms with Crippen molar-refractivity contribution in [2.24, 2.45) is 5.92 Å². The summed E-state index contributed by atoms with van der Waals surface area (Å²) in [4.78, 5) is 13.6. The van der Waals surface area contributed by atoms with E-state index in [0.29, 0.717) is 6.04 Å². The second kappa shape index (κ2) is 5.45. The Labute approximate surface area is 86.3 Å². The molecular weight excluding hydrogens is 188 g/mol. The van der Waals surface area contributed by atoms with Gasteiger partial charge >= 0.3 is 0 Å². The zero-order valence-corrected chi connectivity index (χ0v) is 9.36. The van der Waals surface area contributed by atoms with Crippen molar-refractivity contribution in [3.63, 3.8) is 0 Å². The minimum absolute atomic E-state index is 0. The van der Waals surface area contributed by atoms with Crippen molar-refractivity contribution in [2.45, 2.75) is 26.8 Å². The summed E-state index contributed by atoms with van der Waals surface area (Å²) >= 11 is 0. The molecule has 0 aromatic carbocycles. The van der Waals surface area contributed by atoms with Crippen LogP contribution >= 0.6 is 12.4 Å². The van der Waals surface area contributed by atoms with Crippen LogP contribution in [0.4, 0.5) is 0 Å². The van der Waals surface area contributed by atoms with Crippen LogP contribution in [0.25, 0.3) is 0 Å². The van der Waals surface area contributed by atoms with Gasteiger partial charge in [-0.3, -0.25) is 4.79 Å². The number of carbonyl (C=O) groups excluding carboxylic acids is 1. The van der Waals surface area contributed by atoms with Gasteiger partial charge in [0.05, 0.1) is 0 Å². The van der Waals surface area contributed by atoms with E-state index in [1.54, 1.807) is 0 Å². The molecule has 1 unspecified atom stereocenters. The zero-order chi connectivity index (χ0) is 9.14. The van der Waals surface area contributed by atoms with Crippen LogP contribution in [0.5, 0.6) is 0 Å². The third-order valence-electron chi connectivity index (χ3n) is 2.28. The van der Waals surface area contributed by atoms with E-state index < -0.39 is 0 Å². The second-order valence-corrected chi connectivity index (χ2v) is 3.74. The summed E-state index contributed by atoms with van der Waals surface area (Å²) in [5.74, 6) is 0.412. The predicted molar refractivity (Wildman–Crippen MR) is 56.1 cm³/mol. The highest BCUT2D eigenvalue weighted by Crippen LogP contribution is 2.07. The van der Waals surface area contributed by atoms with Crippen LogP contribution in [0.1, 0.15) is 20.8 Å². The van der Waals surface area contributed by atoms with Crippen molar-refractivity contribution in [3.8, 4) is 0 Å². The summed E-state index contributed by atoms with van der Waals surface area (Å²) < 4.78 is 0. The Morgan fingerprint density at radius 2 is 2.15 bits per heavy atom. The molecule has 1 atom stereocenters. The van der Waals surface area contributed by atoms with Crippen molar-refractivity contribution >= 4 is 18.3 Å². The number of hydrogen-bond acceptors (Lipinski definition) is 2. The first-order valence-electron chi connectivity index (χ1n) is 4.64. The predicted octanol–water partition coefficient (Wildman–Crippen LogP) is 0.885. The van der Waals surface area contributed by atoms with E-state index in [1.807, 2.05) is 18.7 Å². The molecule has 1 aliphatic rings. The van der Waals surface area contributed by atoms with Crippen LogP contribution < -0.4 is 5.32 Å². The number of nitrogens with zero attached hydrogens (tertiary/aromatic N) is 1. The molecule has 0 radical (unpaired) electrons. The van der Waals surface area contributed by atoms with Gasteiger partial charge in [0.15, 0.2) is 0 Å². The minimum Gasteiger partial charge on any atom is -0.337 e. The van der Waals surface area contributed by atoms with Gasteiger partial charge in [-0.25, -0.2) is 0 Å². The van der Waals surface area contributed by atoms with Crippen molar-refractivity contribution < 1.29 is 4.79 Å². The van der Waals surface area contributed by atoms with Crippen molar-refractivity contribution in [2.75, 3.05) is 19.6 Å². The normalized spacial score (nSPS) is 22.8. The van der Waals surface area contributed by atoms with Gasteiger partial charge in [0.2, 0.25) is 5.91 Å². The van der Waals surface area contributed by atoms with E-state index in [1.165, 1.54) is 0 Å². The zero-order valence-electron chi connectivity index (χ0n) is 8.54. The summed E-state index contributed by atoms with van der Waals surface area (Å²) in [6.07, 6.45) is 0. The van der Waals surface area contributed by atoms with Crippen LogP contribution in [0.2, 0.25) is 0 Å². The molecule has 0 saturated carbocycles. The van der Waals surface area contributed by atoms with Crippen molar-refractivity contribution in [1.29, 1.82) is 0 Å². The van der Waals surface area contributed by atoms with Gasteiger partial charge in [0, 0.05) is 31.6 Å². The Hall–Kier alpha value is -0.280. The molecule has 1 saturated heterocycles. The Morgan fingerprint density at radius 1 is 1.54 bits per heavy atom. The third kappa shape index (κ3) is 3.16. The smallest absolute Gasteiger partial charge is 0.225 e. The van der Waals surface area contributed by atoms with Crippen LogP contribution in [0.3, 0.4) is 0 Å². The molecule has 0 aliphatic carbocycles. The molecule has 1 amide bonds. The van der Waals surface area contributed by atoms with E-state index in [-0.39, 0.29) is 24.2 Å². The molecule has 78 valence electrons. The maximum Gasteiger partial charge on any atom is 0.225 e.